The molecule has 2 aromatic carbocycles. The van der Waals surface area contributed by atoms with E-state index in [1.807, 2.05) is 62.5 Å². The predicted octanol–water partition coefficient (Wildman–Crippen LogP) is 3.11. The van der Waals surface area contributed by atoms with Gasteiger partial charge >= 0.3 is 0 Å². The van der Waals surface area contributed by atoms with Crippen molar-refractivity contribution in [2.24, 2.45) is 7.05 Å². The zero-order chi connectivity index (χ0) is 18.1. The second-order valence-electron chi connectivity index (χ2n) is 5.98. The normalized spacial score (nSPS) is 11.2. The third-order valence-corrected chi connectivity index (χ3v) is 5.11. The summed E-state index contributed by atoms with van der Waals surface area (Å²) in [5.41, 5.74) is 2.57. The fraction of sp³-hybridized carbons (Fsp3) is 0.158. The van der Waals surface area contributed by atoms with Crippen LogP contribution in [-0.4, -0.2) is 24.3 Å². The van der Waals surface area contributed by atoms with E-state index in [2.05, 4.69) is 10.1 Å². The molecule has 0 spiro atoms. The molecule has 130 valence electrons. The molecular weight excluding hydrogens is 346 g/mol. The molecule has 7 heteroatoms. The van der Waals surface area contributed by atoms with Crippen molar-refractivity contribution in [3.63, 3.8) is 0 Å². The van der Waals surface area contributed by atoms with Gasteiger partial charge < -0.3 is 0 Å². The first-order valence-electron chi connectivity index (χ1n) is 8.18. The molecular formula is C19H17N5OS. The summed E-state index contributed by atoms with van der Waals surface area (Å²) < 4.78 is 3.39. The van der Waals surface area contributed by atoms with Crippen LogP contribution in [0, 0.1) is 6.92 Å². The van der Waals surface area contributed by atoms with E-state index in [-0.39, 0.29) is 5.56 Å². The van der Waals surface area contributed by atoms with Crippen LogP contribution in [0.1, 0.15) is 11.4 Å². The highest BCUT2D eigenvalue weighted by molar-refractivity contribution is 7.98. The van der Waals surface area contributed by atoms with Crippen molar-refractivity contribution < 1.29 is 0 Å². The summed E-state index contributed by atoms with van der Waals surface area (Å²) in [6, 6.07) is 15.3. The summed E-state index contributed by atoms with van der Waals surface area (Å²) in [5.74, 6) is 1.40. The quantitative estimate of drug-likeness (QED) is 0.412. The SMILES string of the molecule is Cc1ccc(-n2c(SCc3ncnn3C)nc3ccccc3c2=O)cc1. The first-order chi connectivity index (χ1) is 12.6. The van der Waals surface area contributed by atoms with Crippen LogP contribution in [0.25, 0.3) is 16.6 Å². The minimum Gasteiger partial charge on any atom is -0.268 e. The van der Waals surface area contributed by atoms with E-state index in [0.29, 0.717) is 21.8 Å². The fourth-order valence-corrected chi connectivity index (χ4v) is 3.71. The van der Waals surface area contributed by atoms with Gasteiger partial charge in [0.25, 0.3) is 5.56 Å². The minimum absolute atomic E-state index is 0.0695. The number of hydrogen-bond acceptors (Lipinski definition) is 5. The average Bonchev–Trinajstić information content (AvgIpc) is 3.06. The van der Waals surface area contributed by atoms with Crippen LogP contribution in [0.4, 0.5) is 0 Å². The van der Waals surface area contributed by atoms with Gasteiger partial charge in [-0.2, -0.15) is 5.10 Å². The highest BCUT2D eigenvalue weighted by atomic mass is 32.2. The van der Waals surface area contributed by atoms with Gasteiger partial charge in [0.2, 0.25) is 0 Å². The van der Waals surface area contributed by atoms with E-state index in [1.165, 1.54) is 18.1 Å². The molecule has 0 aliphatic rings. The Kier molecular flexibility index (Phi) is 4.30. The second kappa shape index (κ2) is 6.76. The van der Waals surface area contributed by atoms with Crippen LogP contribution in [0.3, 0.4) is 0 Å². The Balaban J connectivity index is 1.86. The minimum atomic E-state index is -0.0695. The number of fused-ring (bicyclic) bond motifs is 1. The zero-order valence-electron chi connectivity index (χ0n) is 14.5. The zero-order valence-corrected chi connectivity index (χ0v) is 15.3. The van der Waals surface area contributed by atoms with Gasteiger partial charge in [-0.05, 0) is 31.2 Å². The van der Waals surface area contributed by atoms with Crippen molar-refractivity contribution in [3.8, 4) is 5.69 Å². The highest BCUT2D eigenvalue weighted by Crippen LogP contribution is 2.24. The summed E-state index contributed by atoms with van der Waals surface area (Å²) in [7, 11) is 1.85. The molecule has 0 saturated heterocycles. The van der Waals surface area contributed by atoms with Crippen molar-refractivity contribution in [3.05, 3.63) is 76.6 Å². The lowest BCUT2D eigenvalue weighted by atomic mass is 10.2. The third kappa shape index (κ3) is 3.01. The van der Waals surface area contributed by atoms with Gasteiger partial charge in [0, 0.05) is 7.05 Å². The summed E-state index contributed by atoms with van der Waals surface area (Å²) in [6.45, 7) is 2.02. The number of hydrogen-bond donors (Lipinski definition) is 0. The van der Waals surface area contributed by atoms with E-state index in [4.69, 9.17) is 4.98 Å². The first-order valence-corrected chi connectivity index (χ1v) is 9.16. The number of aryl methyl sites for hydroxylation is 2. The van der Waals surface area contributed by atoms with E-state index in [1.54, 1.807) is 9.25 Å². The van der Waals surface area contributed by atoms with E-state index in [0.717, 1.165) is 17.1 Å². The molecule has 2 aromatic heterocycles. The van der Waals surface area contributed by atoms with Gasteiger partial charge in [-0.25, -0.2) is 9.97 Å². The highest BCUT2D eigenvalue weighted by Gasteiger charge is 2.14. The van der Waals surface area contributed by atoms with Crippen molar-refractivity contribution >= 4 is 22.7 Å². The van der Waals surface area contributed by atoms with Crippen molar-refractivity contribution in [1.82, 2.24) is 24.3 Å². The summed E-state index contributed by atoms with van der Waals surface area (Å²) in [5, 5.41) is 5.34. The molecule has 0 N–H and O–H groups in total. The van der Waals surface area contributed by atoms with Crippen LogP contribution in [0.5, 0.6) is 0 Å². The summed E-state index contributed by atoms with van der Waals surface area (Å²) in [6.07, 6.45) is 1.52. The van der Waals surface area contributed by atoms with E-state index in [9.17, 15) is 4.79 Å². The lowest BCUT2D eigenvalue weighted by molar-refractivity contribution is 0.728. The molecule has 4 aromatic rings. The van der Waals surface area contributed by atoms with Gasteiger partial charge in [-0.1, -0.05) is 41.6 Å². The van der Waals surface area contributed by atoms with Crippen LogP contribution in [-0.2, 0) is 12.8 Å². The number of rotatable bonds is 4. The molecule has 0 amide bonds. The van der Waals surface area contributed by atoms with Crippen LogP contribution in [0.15, 0.2) is 64.8 Å². The molecule has 6 nitrogen and oxygen atoms in total. The molecule has 0 aliphatic heterocycles. The Hall–Kier alpha value is -2.93. The Labute approximate surface area is 154 Å². The predicted molar refractivity (Wildman–Crippen MR) is 103 cm³/mol. The molecule has 0 saturated carbocycles. The number of nitrogens with zero attached hydrogens (tertiary/aromatic N) is 5. The Bertz CT molecular complexity index is 1130. The van der Waals surface area contributed by atoms with Crippen LogP contribution < -0.4 is 5.56 Å². The smallest absolute Gasteiger partial charge is 0.266 e. The molecule has 2 heterocycles. The van der Waals surface area contributed by atoms with Crippen LogP contribution in [0.2, 0.25) is 0 Å². The lowest BCUT2D eigenvalue weighted by Gasteiger charge is -2.13. The molecule has 0 bridgehead atoms. The molecule has 4 rings (SSSR count). The van der Waals surface area contributed by atoms with E-state index < -0.39 is 0 Å². The summed E-state index contributed by atoms with van der Waals surface area (Å²) >= 11 is 1.48. The number of para-hydroxylation sites is 1. The third-order valence-electron chi connectivity index (χ3n) is 4.17. The van der Waals surface area contributed by atoms with Crippen molar-refractivity contribution in [2.75, 3.05) is 0 Å². The van der Waals surface area contributed by atoms with Gasteiger partial charge in [0.05, 0.1) is 22.3 Å². The molecule has 0 fully saturated rings. The first kappa shape index (κ1) is 16.5. The standard InChI is InChI=1S/C19H17N5OS/c1-13-7-9-14(10-8-13)24-18(25)15-5-3-4-6-16(15)22-19(24)26-11-17-20-12-21-23(17)2/h3-10,12H,11H2,1-2H3. The number of thioether (sulfide) groups is 1. The average molecular weight is 363 g/mol. The van der Waals surface area contributed by atoms with Gasteiger partial charge in [0.1, 0.15) is 12.2 Å². The monoisotopic (exact) mass is 363 g/mol. The molecule has 0 aliphatic carbocycles. The van der Waals surface area contributed by atoms with Crippen molar-refractivity contribution in [2.45, 2.75) is 17.8 Å². The lowest BCUT2D eigenvalue weighted by Crippen LogP contribution is -2.21. The van der Waals surface area contributed by atoms with Gasteiger partial charge in [-0.15, -0.1) is 0 Å². The topological polar surface area (TPSA) is 65.6 Å². The maximum Gasteiger partial charge on any atom is 0.266 e. The Morgan fingerprint density at radius 1 is 1.08 bits per heavy atom. The maximum absolute atomic E-state index is 13.1. The molecule has 26 heavy (non-hydrogen) atoms. The second-order valence-corrected chi connectivity index (χ2v) is 6.92. The Morgan fingerprint density at radius 2 is 1.85 bits per heavy atom. The molecule has 0 radical (unpaired) electrons. The number of benzene rings is 2. The fourth-order valence-electron chi connectivity index (χ4n) is 2.71. The Morgan fingerprint density at radius 3 is 2.58 bits per heavy atom. The van der Waals surface area contributed by atoms with Crippen LogP contribution >= 0.6 is 11.8 Å². The number of aromatic nitrogens is 5. The van der Waals surface area contributed by atoms with Crippen molar-refractivity contribution in [1.29, 1.82) is 0 Å². The molecule has 0 atom stereocenters. The van der Waals surface area contributed by atoms with Gasteiger partial charge in [-0.3, -0.25) is 14.0 Å². The largest absolute Gasteiger partial charge is 0.268 e. The summed E-state index contributed by atoms with van der Waals surface area (Å²) in [4.78, 5) is 22.1. The maximum atomic E-state index is 13.1. The van der Waals surface area contributed by atoms with Gasteiger partial charge in [0.15, 0.2) is 5.16 Å². The van der Waals surface area contributed by atoms with E-state index >= 15 is 0 Å². The molecule has 0 unspecified atom stereocenters.